The first-order chi connectivity index (χ1) is 9.42. The zero-order valence-corrected chi connectivity index (χ0v) is 11.4. The van der Waals surface area contributed by atoms with Crippen molar-refractivity contribution in [1.29, 1.82) is 0 Å². The molecule has 20 heavy (non-hydrogen) atoms. The summed E-state index contributed by atoms with van der Waals surface area (Å²) in [7, 11) is -3.78. The molecule has 0 atom stereocenters. The average molecular weight is 296 g/mol. The standard InChI is InChI=1S/C11H12N4O4S/c1-2-14-8-9(7-12-14)13-20(18,19)11-5-3-10(4-6-11)15(16)17/h3-8,13H,2H2,1H3. The Labute approximate surface area is 115 Å². The van der Waals surface area contributed by atoms with Crippen LogP contribution >= 0.6 is 0 Å². The van der Waals surface area contributed by atoms with Gasteiger partial charge in [0, 0.05) is 24.9 Å². The van der Waals surface area contributed by atoms with Gasteiger partial charge in [-0.25, -0.2) is 8.42 Å². The van der Waals surface area contributed by atoms with Crippen molar-refractivity contribution in [1.82, 2.24) is 9.78 Å². The highest BCUT2D eigenvalue weighted by Gasteiger charge is 2.16. The molecule has 0 bridgehead atoms. The number of anilines is 1. The topological polar surface area (TPSA) is 107 Å². The number of hydrogen-bond acceptors (Lipinski definition) is 5. The number of non-ortho nitro benzene ring substituents is 1. The fourth-order valence-corrected chi connectivity index (χ4v) is 2.58. The van der Waals surface area contributed by atoms with Crippen LogP contribution in [0.1, 0.15) is 6.92 Å². The molecule has 0 unspecified atom stereocenters. The lowest BCUT2D eigenvalue weighted by Crippen LogP contribution is -2.12. The van der Waals surface area contributed by atoms with Crippen LogP contribution in [0.5, 0.6) is 0 Å². The highest BCUT2D eigenvalue weighted by Crippen LogP contribution is 2.18. The maximum Gasteiger partial charge on any atom is 0.269 e. The predicted molar refractivity (Wildman–Crippen MR) is 71.8 cm³/mol. The van der Waals surface area contributed by atoms with E-state index in [0.29, 0.717) is 12.2 Å². The molecule has 1 N–H and O–H groups in total. The predicted octanol–water partition coefficient (Wildman–Crippen LogP) is 1.61. The smallest absolute Gasteiger partial charge is 0.269 e. The summed E-state index contributed by atoms with van der Waals surface area (Å²) in [4.78, 5) is 9.88. The fourth-order valence-electron chi connectivity index (χ4n) is 1.55. The molecule has 1 aromatic heterocycles. The van der Waals surface area contributed by atoms with Gasteiger partial charge >= 0.3 is 0 Å². The maximum absolute atomic E-state index is 12.1. The number of nitrogens with zero attached hydrogens (tertiary/aromatic N) is 3. The third-order valence-electron chi connectivity index (χ3n) is 2.57. The average Bonchev–Trinajstić information content (AvgIpc) is 2.85. The minimum absolute atomic E-state index is 0.0488. The molecular weight excluding hydrogens is 284 g/mol. The van der Waals surface area contributed by atoms with Crippen LogP contribution in [0.2, 0.25) is 0 Å². The first-order valence-corrected chi connectivity index (χ1v) is 7.20. The van der Waals surface area contributed by atoms with Crippen molar-refractivity contribution in [2.24, 2.45) is 0 Å². The Morgan fingerprint density at radius 2 is 2.00 bits per heavy atom. The van der Waals surface area contributed by atoms with Crippen LogP contribution in [0.15, 0.2) is 41.6 Å². The van der Waals surface area contributed by atoms with Crippen molar-refractivity contribution in [3.8, 4) is 0 Å². The van der Waals surface area contributed by atoms with E-state index >= 15 is 0 Å². The number of aromatic nitrogens is 2. The van der Waals surface area contributed by atoms with Crippen LogP contribution in [-0.4, -0.2) is 23.1 Å². The van der Waals surface area contributed by atoms with Crippen molar-refractivity contribution < 1.29 is 13.3 Å². The lowest BCUT2D eigenvalue weighted by molar-refractivity contribution is -0.384. The Kier molecular flexibility index (Phi) is 3.70. The molecule has 0 aliphatic carbocycles. The molecule has 0 fully saturated rings. The summed E-state index contributed by atoms with van der Waals surface area (Å²) in [6.45, 7) is 2.50. The van der Waals surface area contributed by atoms with Gasteiger partial charge in [0.05, 0.1) is 21.7 Å². The molecule has 0 saturated carbocycles. The summed E-state index contributed by atoms with van der Waals surface area (Å²) in [5.74, 6) is 0. The lowest BCUT2D eigenvalue weighted by atomic mass is 10.3. The van der Waals surface area contributed by atoms with E-state index in [1.807, 2.05) is 6.92 Å². The lowest BCUT2D eigenvalue weighted by Gasteiger charge is -2.05. The van der Waals surface area contributed by atoms with Crippen molar-refractivity contribution in [3.63, 3.8) is 0 Å². The molecule has 106 valence electrons. The van der Waals surface area contributed by atoms with Gasteiger partial charge in [0.2, 0.25) is 0 Å². The van der Waals surface area contributed by atoms with Crippen molar-refractivity contribution in [2.45, 2.75) is 18.4 Å². The first kappa shape index (κ1) is 14.0. The van der Waals surface area contributed by atoms with E-state index in [-0.39, 0.29) is 10.6 Å². The Balaban J connectivity index is 2.23. The van der Waals surface area contributed by atoms with E-state index in [2.05, 4.69) is 9.82 Å². The molecule has 1 heterocycles. The molecule has 8 nitrogen and oxygen atoms in total. The minimum Gasteiger partial charge on any atom is -0.276 e. The number of sulfonamides is 1. The number of nitro groups is 1. The summed E-state index contributed by atoms with van der Waals surface area (Å²) < 4.78 is 28.1. The number of nitro benzene ring substituents is 1. The fraction of sp³-hybridized carbons (Fsp3) is 0.182. The van der Waals surface area contributed by atoms with Crippen LogP contribution in [-0.2, 0) is 16.6 Å². The van der Waals surface area contributed by atoms with Gasteiger partial charge in [0.1, 0.15) is 0 Å². The molecule has 2 rings (SSSR count). The Morgan fingerprint density at radius 3 is 2.50 bits per heavy atom. The highest BCUT2D eigenvalue weighted by molar-refractivity contribution is 7.92. The first-order valence-electron chi connectivity index (χ1n) is 5.72. The van der Waals surface area contributed by atoms with E-state index in [1.165, 1.54) is 18.3 Å². The summed E-state index contributed by atoms with van der Waals surface area (Å²) in [5, 5.41) is 14.5. The molecule has 0 spiro atoms. The molecule has 0 aliphatic rings. The van der Waals surface area contributed by atoms with Gasteiger partial charge in [0.15, 0.2) is 0 Å². The molecule has 0 amide bonds. The number of nitrogens with one attached hydrogen (secondary N) is 1. The Bertz CT molecular complexity index is 721. The van der Waals surface area contributed by atoms with E-state index in [4.69, 9.17) is 0 Å². The van der Waals surface area contributed by atoms with Crippen LogP contribution in [0.25, 0.3) is 0 Å². The van der Waals surface area contributed by atoms with E-state index < -0.39 is 14.9 Å². The van der Waals surface area contributed by atoms with Crippen molar-refractivity contribution in [2.75, 3.05) is 4.72 Å². The summed E-state index contributed by atoms with van der Waals surface area (Å²) in [6.07, 6.45) is 2.95. The zero-order chi connectivity index (χ0) is 14.8. The minimum atomic E-state index is -3.78. The molecule has 1 aromatic carbocycles. The monoisotopic (exact) mass is 296 g/mol. The number of benzene rings is 1. The molecular formula is C11H12N4O4S. The zero-order valence-electron chi connectivity index (χ0n) is 10.6. The molecule has 0 saturated heterocycles. The second-order valence-electron chi connectivity index (χ2n) is 3.94. The summed E-state index contributed by atoms with van der Waals surface area (Å²) in [6, 6.07) is 4.66. The van der Waals surface area contributed by atoms with Crippen molar-refractivity contribution in [3.05, 3.63) is 46.8 Å². The summed E-state index contributed by atoms with van der Waals surface area (Å²) >= 11 is 0. The Morgan fingerprint density at radius 1 is 1.35 bits per heavy atom. The van der Waals surface area contributed by atoms with Gasteiger partial charge < -0.3 is 0 Å². The second-order valence-corrected chi connectivity index (χ2v) is 5.62. The second kappa shape index (κ2) is 5.29. The number of rotatable bonds is 5. The van der Waals surface area contributed by atoms with E-state index in [1.54, 1.807) is 10.9 Å². The van der Waals surface area contributed by atoms with Gasteiger partial charge in [-0.1, -0.05) is 0 Å². The third kappa shape index (κ3) is 2.94. The number of hydrogen-bond donors (Lipinski definition) is 1. The van der Waals surface area contributed by atoms with Crippen LogP contribution in [0, 0.1) is 10.1 Å². The molecule has 9 heteroatoms. The normalized spacial score (nSPS) is 11.2. The van der Waals surface area contributed by atoms with Gasteiger partial charge in [-0.05, 0) is 19.1 Å². The number of aryl methyl sites for hydroxylation is 1. The van der Waals surface area contributed by atoms with Gasteiger partial charge in [-0.3, -0.25) is 19.5 Å². The maximum atomic E-state index is 12.1. The van der Waals surface area contributed by atoms with Crippen LogP contribution in [0.4, 0.5) is 11.4 Å². The van der Waals surface area contributed by atoms with Crippen LogP contribution in [0.3, 0.4) is 0 Å². The SMILES string of the molecule is CCn1cc(NS(=O)(=O)c2ccc([N+](=O)[O-])cc2)cn1. The molecule has 0 radical (unpaired) electrons. The quantitative estimate of drug-likeness (QED) is 0.666. The molecule has 0 aliphatic heterocycles. The van der Waals surface area contributed by atoms with Crippen LogP contribution < -0.4 is 4.72 Å². The van der Waals surface area contributed by atoms with Gasteiger partial charge in [-0.15, -0.1) is 0 Å². The Hall–Kier alpha value is -2.42. The third-order valence-corrected chi connectivity index (χ3v) is 3.96. The highest BCUT2D eigenvalue weighted by atomic mass is 32.2. The van der Waals surface area contributed by atoms with E-state index in [0.717, 1.165) is 12.1 Å². The van der Waals surface area contributed by atoms with Gasteiger partial charge in [0.25, 0.3) is 15.7 Å². The largest absolute Gasteiger partial charge is 0.276 e. The van der Waals surface area contributed by atoms with E-state index in [9.17, 15) is 18.5 Å². The van der Waals surface area contributed by atoms with Gasteiger partial charge in [-0.2, -0.15) is 5.10 Å². The molecule has 2 aromatic rings. The van der Waals surface area contributed by atoms with Crippen molar-refractivity contribution >= 4 is 21.4 Å². The summed E-state index contributed by atoms with van der Waals surface area (Å²) in [5.41, 5.74) is 0.174.